The van der Waals surface area contributed by atoms with Crippen LogP contribution >= 0.6 is 23.7 Å². The second-order valence-corrected chi connectivity index (χ2v) is 13.6. The zero-order valence-corrected chi connectivity index (χ0v) is 27.1. The summed E-state index contributed by atoms with van der Waals surface area (Å²) in [5.74, 6) is -0.0779. The number of primary amides is 1. The van der Waals surface area contributed by atoms with Gasteiger partial charge in [-0.1, -0.05) is 25.1 Å². The number of hydrogen-bond acceptors (Lipinski definition) is 6. The number of fused-ring (bicyclic) bond motifs is 5. The zero-order valence-electron chi connectivity index (χ0n) is 25.5. The molecule has 4 aromatic rings. The molecule has 1 aliphatic carbocycles. The first-order valence-electron chi connectivity index (χ1n) is 15.6. The predicted octanol–water partition coefficient (Wildman–Crippen LogP) is 6.45. The minimum Gasteiger partial charge on any atom is -0.477 e. The fraction of sp³-hybridized carbons (Fsp3) is 0.382. The molecule has 12 heteroatoms. The van der Waals surface area contributed by atoms with Crippen LogP contribution < -0.4 is 10.6 Å². The van der Waals surface area contributed by atoms with Gasteiger partial charge in [0, 0.05) is 41.1 Å². The number of aromatic nitrogens is 2. The lowest BCUT2D eigenvalue weighted by molar-refractivity contribution is -0.124. The van der Waals surface area contributed by atoms with Gasteiger partial charge in [-0.3, -0.25) is 9.59 Å². The SMILES string of the molecule is CC1CCC(C(=O)N(c2cc(-c3ccc4c(c3)C(=O)Cn3c-4nc4ccccc43)sc2C(=O)O)C2CCN(C(N)=O)CC2)CC1.Cl. The fourth-order valence-electron chi connectivity index (χ4n) is 7.19. The Hall–Kier alpha value is -4.22. The van der Waals surface area contributed by atoms with Crippen LogP contribution in [0.3, 0.4) is 0 Å². The molecule has 1 saturated carbocycles. The molecule has 2 aromatic carbocycles. The van der Waals surface area contributed by atoms with E-state index < -0.39 is 12.0 Å². The van der Waals surface area contributed by atoms with Crippen molar-refractivity contribution < 1.29 is 24.3 Å². The third-order valence-corrected chi connectivity index (χ3v) is 10.9. The second-order valence-electron chi connectivity index (χ2n) is 12.5. The van der Waals surface area contributed by atoms with Gasteiger partial charge < -0.3 is 25.2 Å². The predicted molar refractivity (Wildman–Crippen MR) is 180 cm³/mol. The number of thiophene rings is 1. The number of hydrogen-bond donors (Lipinski definition) is 2. The average molecular weight is 662 g/mol. The van der Waals surface area contributed by atoms with E-state index in [1.54, 1.807) is 15.9 Å². The topological polar surface area (TPSA) is 139 Å². The zero-order chi connectivity index (χ0) is 31.4. The van der Waals surface area contributed by atoms with Gasteiger partial charge in [0.2, 0.25) is 5.91 Å². The van der Waals surface area contributed by atoms with E-state index in [4.69, 9.17) is 10.7 Å². The number of aromatic carboxylic acids is 1. The number of urea groups is 1. The van der Waals surface area contributed by atoms with Crippen molar-refractivity contribution in [1.82, 2.24) is 14.5 Å². The molecule has 0 unspecified atom stereocenters. The molecule has 0 bridgehead atoms. The molecule has 0 atom stereocenters. The van der Waals surface area contributed by atoms with E-state index in [0.29, 0.717) is 53.5 Å². The fourth-order valence-corrected chi connectivity index (χ4v) is 8.18. The summed E-state index contributed by atoms with van der Waals surface area (Å²) in [4.78, 5) is 61.0. The lowest BCUT2D eigenvalue weighted by atomic mass is 9.82. The summed E-state index contributed by atoms with van der Waals surface area (Å²) in [5.41, 5.74) is 9.64. The van der Waals surface area contributed by atoms with Crippen LogP contribution in [0.2, 0.25) is 0 Å². The highest BCUT2D eigenvalue weighted by Crippen LogP contribution is 2.43. The lowest BCUT2D eigenvalue weighted by Crippen LogP contribution is -2.52. The quantitative estimate of drug-likeness (QED) is 0.252. The number of carboxylic acid groups (broad SMARTS) is 1. The molecule has 240 valence electrons. The highest BCUT2D eigenvalue weighted by atomic mass is 35.5. The van der Waals surface area contributed by atoms with Gasteiger partial charge in [-0.05, 0) is 80.3 Å². The molecule has 2 fully saturated rings. The van der Waals surface area contributed by atoms with Crippen LogP contribution in [-0.4, -0.2) is 62.4 Å². The number of halogens is 1. The molecule has 0 spiro atoms. The van der Waals surface area contributed by atoms with Crippen molar-refractivity contribution in [3.05, 3.63) is 59.0 Å². The molecule has 2 aliphatic heterocycles. The van der Waals surface area contributed by atoms with Crippen molar-refractivity contribution in [2.75, 3.05) is 18.0 Å². The highest BCUT2D eigenvalue weighted by Gasteiger charge is 2.38. The van der Waals surface area contributed by atoms with Crippen molar-refractivity contribution in [3.8, 4) is 21.8 Å². The number of anilines is 1. The van der Waals surface area contributed by atoms with E-state index in [9.17, 15) is 24.3 Å². The largest absolute Gasteiger partial charge is 0.477 e. The van der Waals surface area contributed by atoms with Crippen molar-refractivity contribution in [3.63, 3.8) is 0 Å². The van der Waals surface area contributed by atoms with Crippen LogP contribution in [0.1, 0.15) is 65.5 Å². The van der Waals surface area contributed by atoms with E-state index in [-0.39, 0.29) is 47.5 Å². The maximum atomic E-state index is 14.2. The molecule has 7 rings (SSSR count). The maximum Gasteiger partial charge on any atom is 0.348 e. The first kappa shape index (κ1) is 31.7. The van der Waals surface area contributed by atoms with Crippen molar-refractivity contribution in [2.45, 2.75) is 58.0 Å². The Balaban J connectivity index is 0.00000372. The number of carbonyl (C=O) groups excluding carboxylic acids is 3. The van der Waals surface area contributed by atoms with E-state index in [1.165, 1.54) is 0 Å². The summed E-state index contributed by atoms with van der Waals surface area (Å²) in [6.45, 7) is 3.19. The smallest absolute Gasteiger partial charge is 0.348 e. The molecule has 2 aromatic heterocycles. The summed E-state index contributed by atoms with van der Waals surface area (Å²) >= 11 is 1.11. The van der Waals surface area contributed by atoms with E-state index in [2.05, 4.69) is 6.92 Å². The summed E-state index contributed by atoms with van der Waals surface area (Å²) in [5, 5.41) is 10.4. The van der Waals surface area contributed by atoms with Crippen LogP contribution in [0.15, 0.2) is 48.5 Å². The summed E-state index contributed by atoms with van der Waals surface area (Å²) in [6, 6.07) is 14.4. The van der Waals surface area contributed by atoms with Gasteiger partial charge >= 0.3 is 12.0 Å². The molecule has 10 nitrogen and oxygen atoms in total. The van der Waals surface area contributed by atoms with Crippen LogP contribution in [-0.2, 0) is 11.3 Å². The van der Waals surface area contributed by atoms with Gasteiger partial charge in [-0.25, -0.2) is 14.6 Å². The maximum absolute atomic E-state index is 14.2. The summed E-state index contributed by atoms with van der Waals surface area (Å²) in [6.07, 6.45) is 4.48. The molecule has 0 radical (unpaired) electrons. The molecule has 1 saturated heterocycles. The van der Waals surface area contributed by atoms with Gasteiger partial charge in [0.15, 0.2) is 5.78 Å². The van der Waals surface area contributed by atoms with Gasteiger partial charge in [0.05, 0.1) is 23.3 Å². The van der Waals surface area contributed by atoms with Crippen LogP contribution in [0.4, 0.5) is 10.5 Å². The second kappa shape index (κ2) is 12.5. The van der Waals surface area contributed by atoms with Crippen LogP contribution in [0.5, 0.6) is 0 Å². The minimum atomic E-state index is -1.10. The first-order valence-corrected chi connectivity index (χ1v) is 16.4. The van der Waals surface area contributed by atoms with Gasteiger partial charge in [0.25, 0.3) is 0 Å². The molecule has 3 amide bonds. The third-order valence-electron chi connectivity index (χ3n) is 9.71. The number of carbonyl (C=O) groups is 4. The van der Waals surface area contributed by atoms with E-state index >= 15 is 0 Å². The number of nitrogens with zero attached hydrogens (tertiary/aromatic N) is 4. The molecular formula is C34H36ClN5O5S. The average Bonchev–Trinajstić information content (AvgIpc) is 3.64. The molecular weight excluding hydrogens is 626 g/mol. The van der Waals surface area contributed by atoms with Crippen LogP contribution in [0.25, 0.3) is 32.9 Å². The van der Waals surface area contributed by atoms with Crippen LogP contribution in [0, 0.1) is 11.8 Å². The number of benzene rings is 2. The molecule has 3 N–H and O–H groups in total. The number of likely N-dealkylation sites (tertiary alicyclic amines) is 1. The Morgan fingerprint density at radius 2 is 1.70 bits per heavy atom. The number of Topliss-reactive ketones (excluding diaryl/α,β-unsaturated/α-hetero) is 1. The summed E-state index contributed by atoms with van der Waals surface area (Å²) < 4.78 is 1.94. The Morgan fingerprint density at radius 1 is 0.978 bits per heavy atom. The number of nitrogens with two attached hydrogens (primary N) is 1. The standard InChI is InChI=1S/C34H35N5O5S.ClH/c1-19-6-8-20(9-7-19)32(41)39(22-12-14-37(15-13-22)34(35)44)27-17-29(45-30(27)33(42)43)21-10-11-23-24(16-21)28(40)18-38-26-5-3-2-4-25(26)36-31(23)38;/h2-5,10-11,16-17,19-20,22H,6-9,12-15,18H2,1H3,(H2,35,44)(H,42,43);1H. The Bertz CT molecular complexity index is 1850. The number of carboxylic acids is 1. The first-order chi connectivity index (χ1) is 21.7. The molecule has 46 heavy (non-hydrogen) atoms. The number of ketones is 1. The normalized spacial score (nSPS) is 19.7. The van der Waals surface area contributed by atoms with Crippen molar-refractivity contribution >= 4 is 64.2 Å². The minimum absolute atomic E-state index is 0. The molecule has 3 aliphatic rings. The van der Waals surface area contributed by atoms with Gasteiger partial charge in [0.1, 0.15) is 10.7 Å². The number of piperidine rings is 1. The van der Waals surface area contributed by atoms with E-state index in [1.807, 2.05) is 47.0 Å². The van der Waals surface area contributed by atoms with Crippen molar-refractivity contribution in [1.29, 1.82) is 0 Å². The molecule has 4 heterocycles. The Labute approximate surface area is 276 Å². The monoisotopic (exact) mass is 661 g/mol. The number of rotatable bonds is 5. The Morgan fingerprint density at radius 3 is 2.39 bits per heavy atom. The number of amides is 3. The van der Waals surface area contributed by atoms with Crippen molar-refractivity contribution in [2.24, 2.45) is 17.6 Å². The highest BCUT2D eigenvalue weighted by molar-refractivity contribution is 7.18. The lowest BCUT2D eigenvalue weighted by Gasteiger charge is -2.40. The Kier molecular flexibility index (Phi) is 8.64. The number of imidazole rings is 1. The van der Waals surface area contributed by atoms with Gasteiger partial charge in [-0.15, -0.1) is 23.7 Å². The third kappa shape index (κ3) is 5.55. The van der Waals surface area contributed by atoms with E-state index in [0.717, 1.165) is 59.4 Å². The summed E-state index contributed by atoms with van der Waals surface area (Å²) in [7, 11) is 0. The number of para-hydroxylation sites is 2. The van der Waals surface area contributed by atoms with Gasteiger partial charge in [-0.2, -0.15) is 0 Å².